The van der Waals surface area contributed by atoms with Crippen LogP contribution in [0.3, 0.4) is 0 Å². The standard InChI is InChI=1S/C16H25ClN2/c1-12-7-8-15(17)16(10-12)19-13(2)11-14-6-4-3-5-9-18-14/h7-8,10,13-14,18-19H,3-6,9,11H2,1-2H3. The maximum absolute atomic E-state index is 6.23. The maximum atomic E-state index is 6.23. The van der Waals surface area contributed by atoms with E-state index in [4.69, 9.17) is 11.6 Å². The zero-order chi connectivity index (χ0) is 13.7. The predicted octanol–water partition coefficient (Wildman–Crippen LogP) is 4.37. The summed E-state index contributed by atoms with van der Waals surface area (Å²) in [4.78, 5) is 0. The Bertz CT molecular complexity index is 398. The summed E-state index contributed by atoms with van der Waals surface area (Å²) in [6.07, 6.45) is 6.50. The van der Waals surface area contributed by atoms with E-state index in [1.54, 1.807) is 0 Å². The molecule has 1 aromatic rings. The molecule has 1 aromatic carbocycles. The highest BCUT2D eigenvalue weighted by Gasteiger charge is 2.15. The summed E-state index contributed by atoms with van der Waals surface area (Å²) in [5, 5.41) is 8.01. The van der Waals surface area contributed by atoms with E-state index in [0.717, 1.165) is 17.1 Å². The molecule has 0 aliphatic carbocycles. The first kappa shape index (κ1) is 14.7. The minimum Gasteiger partial charge on any atom is -0.381 e. The molecule has 0 spiro atoms. The third-order valence-electron chi connectivity index (χ3n) is 3.82. The van der Waals surface area contributed by atoms with Crippen molar-refractivity contribution in [2.75, 3.05) is 11.9 Å². The third-order valence-corrected chi connectivity index (χ3v) is 4.15. The molecule has 2 rings (SSSR count). The lowest BCUT2D eigenvalue weighted by Crippen LogP contribution is -2.33. The van der Waals surface area contributed by atoms with Crippen molar-refractivity contribution in [2.45, 2.75) is 58.0 Å². The number of nitrogens with one attached hydrogen (secondary N) is 2. The van der Waals surface area contributed by atoms with Crippen molar-refractivity contribution in [1.82, 2.24) is 5.32 Å². The van der Waals surface area contributed by atoms with Crippen LogP contribution in [0.4, 0.5) is 5.69 Å². The lowest BCUT2D eigenvalue weighted by atomic mass is 10.0. The van der Waals surface area contributed by atoms with Crippen LogP contribution in [0.5, 0.6) is 0 Å². The van der Waals surface area contributed by atoms with Crippen molar-refractivity contribution in [3.63, 3.8) is 0 Å². The van der Waals surface area contributed by atoms with Crippen LogP contribution in [0, 0.1) is 6.92 Å². The molecule has 0 amide bonds. The summed E-state index contributed by atoms with van der Waals surface area (Å²) >= 11 is 6.23. The lowest BCUT2D eigenvalue weighted by Gasteiger charge is -2.23. The second kappa shape index (κ2) is 7.16. The Hall–Kier alpha value is -0.730. The molecule has 1 heterocycles. The van der Waals surface area contributed by atoms with Crippen LogP contribution in [0.1, 0.15) is 44.6 Å². The topological polar surface area (TPSA) is 24.1 Å². The van der Waals surface area contributed by atoms with Gasteiger partial charge in [0.05, 0.1) is 10.7 Å². The summed E-state index contributed by atoms with van der Waals surface area (Å²) in [5.41, 5.74) is 2.30. The number of aryl methyl sites for hydroxylation is 1. The molecule has 2 unspecified atom stereocenters. The number of anilines is 1. The van der Waals surface area contributed by atoms with E-state index < -0.39 is 0 Å². The average molecular weight is 281 g/mol. The van der Waals surface area contributed by atoms with Crippen molar-refractivity contribution < 1.29 is 0 Å². The predicted molar refractivity (Wildman–Crippen MR) is 84.1 cm³/mol. The Labute approximate surface area is 121 Å². The molecule has 0 bridgehead atoms. The van der Waals surface area contributed by atoms with E-state index in [1.165, 1.54) is 37.8 Å². The second-order valence-corrected chi connectivity index (χ2v) is 6.17. The minimum atomic E-state index is 0.440. The molecule has 2 nitrogen and oxygen atoms in total. The van der Waals surface area contributed by atoms with Gasteiger partial charge >= 0.3 is 0 Å². The highest BCUT2D eigenvalue weighted by Crippen LogP contribution is 2.24. The molecule has 19 heavy (non-hydrogen) atoms. The fourth-order valence-corrected chi connectivity index (χ4v) is 2.97. The van der Waals surface area contributed by atoms with E-state index >= 15 is 0 Å². The van der Waals surface area contributed by atoms with E-state index in [-0.39, 0.29) is 0 Å². The summed E-state index contributed by atoms with van der Waals surface area (Å²) in [6.45, 7) is 5.51. The zero-order valence-corrected chi connectivity index (χ0v) is 12.8. The van der Waals surface area contributed by atoms with Gasteiger partial charge in [0.15, 0.2) is 0 Å². The van der Waals surface area contributed by atoms with Crippen LogP contribution in [0.15, 0.2) is 18.2 Å². The van der Waals surface area contributed by atoms with E-state index in [9.17, 15) is 0 Å². The van der Waals surface area contributed by atoms with Gasteiger partial charge in [-0.25, -0.2) is 0 Å². The molecule has 106 valence electrons. The molecule has 2 N–H and O–H groups in total. The van der Waals surface area contributed by atoms with Crippen LogP contribution < -0.4 is 10.6 Å². The normalized spacial score (nSPS) is 21.7. The van der Waals surface area contributed by atoms with Gasteiger partial charge in [-0.2, -0.15) is 0 Å². The molecule has 1 aliphatic heterocycles. The minimum absolute atomic E-state index is 0.440. The van der Waals surface area contributed by atoms with Crippen molar-refractivity contribution >= 4 is 17.3 Å². The average Bonchev–Trinajstić information content (AvgIpc) is 2.62. The fourth-order valence-electron chi connectivity index (χ4n) is 2.80. The summed E-state index contributed by atoms with van der Waals surface area (Å²) in [7, 11) is 0. The molecule has 1 saturated heterocycles. The van der Waals surface area contributed by atoms with Crippen molar-refractivity contribution in [1.29, 1.82) is 0 Å². The van der Waals surface area contributed by atoms with Crippen LogP contribution >= 0.6 is 11.6 Å². The third kappa shape index (κ3) is 4.70. The first-order chi connectivity index (χ1) is 9.15. The molecule has 0 saturated carbocycles. The monoisotopic (exact) mass is 280 g/mol. The summed E-state index contributed by atoms with van der Waals surface area (Å²) in [6, 6.07) is 7.23. The highest BCUT2D eigenvalue weighted by atomic mass is 35.5. The van der Waals surface area contributed by atoms with Gasteiger partial charge in [0, 0.05) is 12.1 Å². The fraction of sp³-hybridized carbons (Fsp3) is 0.625. The Balaban J connectivity index is 1.89. The quantitative estimate of drug-likeness (QED) is 0.856. The van der Waals surface area contributed by atoms with Gasteiger partial charge in [-0.15, -0.1) is 0 Å². The Morgan fingerprint density at radius 1 is 1.37 bits per heavy atom. The Morgan fingerprint density at radius 2 is 2.21 bits per heavy atom. The SMILES string of the molecule is Cc1ccc(Cl)c(NC(C)CC2CCCCCN2)c1. The lowest BCUT2D eigenvalue weighted by molar-refractivity contribution is 0.456. The first-order valence-corrected chi connectivity index (χ1v) is 7.79. The summed E-state index contributed by atoms with van der Waals surface area (Å²) < 4.78 is 0. The van der Waals surface area contributed by atoms with Crippen molar-refractivity contribution in [3.05, 3.63) is 28.8 Å². The maximum Gasteiger partial charge on any atom is 0.0637 e. The van der Waals surface area contributed by atoms with Crippen molar-refractivity contribution in [3.8, 4) is 0 Å². The smallest absolute Gasteiger partial charge is 0.0637 e. The molecule has 3 heteroatoms. The highest BCUT2D eigenvalue weighted by molar-refractivity contribution is 6.33. The number of hydrogen-bond acceptors (Lipinski definition) is 2. The van der Waals surface area contributed by atoms with E-state index in [0.29, 0.717) is 12.1 Å². The van der Waals surface area contributed by atoms with Crippen LogP contribution in [-0.2, 0) is 0 Å². The van der Waals surface area contributed by atoms with Crippen LogP contribution in [0.25, 0.3) is 0 Å². The van der Waals surface area contributed by atoms with Crippen molar-refractivity contribution in [2.24, 2.45) is 0 Å². The first-order valence-electron chi connectivity index (χ1n) is 7.41. The van der Waals surface area contributed by atoms with Crippen LogP contribution in [-0.4, -0.2) is 18.6 Å². The largest absolute Gasteiger partial charge is 0.381 e. The molecule has 1 aliphatic rings. The number of halogens is 1. The summed E-state index contributed by atoms with van der Waals surface area (Å²) in [5.74, 6) is 0. The van der Waals surface area contributed by atoms with Gasteiger partial charge < -0.3 is 10.6 Å². The zero-order valence-electron chi connectivity index (χ0n) is 12.0. The van der Waals surface area contributed by atoms with Gasteiger partial charge in [0.25, 0.3) is 0 Å². The van der Waals surface area contributed by atoms with Gasteiger partial charge in [-0.3, -0.25) is 0 Å². The number of benzene rings is 1. The van der Waals surface area contributed by atoms with Gasteiger partial charge in [0.1, 0.15) is 0 Å². The molecular formula is C16H25ClN2. The van der Waals surface area contributed by atoms with Gasteiger partial charge in [-0.1, -0.05) is 30.5 Å². The molecular weight excluding hydrogens is 256 g/mol. The van der Waals surface area contributed by atoms with Gasteiger partial charge in [0.2, 0.25) is 0 Å². The van der Waals surface area contributed by atoms with Gasteiger partial charge in [-0.05, 0) is 57.4 Å². The van der Waals surface area contributed by atoms with E-state index in [1.807, 2.05) is 12.1 Å². The molecule has 0 radical (unpaired) electrons. The Morgan fingerprint density at radius 3 is 3.05 bits per heavy atom. The van der Waals surface area contributed by atoms with Crippen LogP contribution in [0.2, 0.25) is 5.02 Å². The molecule has 0 aromatic heterocycles. The number of hydrogen-bond donors (Lipinski definition) is 2. The number of rotatable bonds is 4. The second-order valence-electron chi connectivity index (χ2n) is 5.76. The van der Waals surface area contributed by atoms with E-state index in [2.05, 4.69) is 30.5 Å². The molecule has 1 fully saturated rings. The molecule has 2 atom stereocenters. The Kier molecular flexibility index (Phi) is 5.53.